The second kappa shape index (κ2) is 8.33. The highest BCUT2D eigenvalue weighted by molar-refractivity contribution is 9.10. The summed E-state index contributed by atoms with van der Waals surface area (Å²) in [5, 5.41) is 4.08. The van der Waals surface area contributed by atoms with E-state index in [0.717, 1.165) is 16.6 Å². The lowest BCUT2D eigenvalue weighted by Gasteiger charge is -2.14. The zero-order valence-electron chi connectivity index (χ0n) is 14.9. The van der Waals surface area contributed by atoms with Crippen LogP contribution in [0.4, 0.5) is 0 Å². The van der Waals surface area contributed by atoms with Gasteiger partial charge >= 0.3 is 0 Å². The molecule has 2 aromatic carbocycles. The van der Waals surface area contributed by atoms with Crippen LogP contribution in [0.25, 0.3) is 11.4 Å². The summed E-state index contributed by atoms with van der Waals surface area (Å²) in [5.41, 5.74) is 1.98. The first-order chi connectivity index (χ1) is 12.6. The highest BCUT2D eigenvalue weighted by Gasteiger charge is 2.15. The van der Waals surface area contributed by atoms with Gasteiger partial charge in [0.2, 0.25) is 11.7 Å². The Balaban J connectivity index is 1.70. The van der Waals surface area contributed by atoms with E-state index in [-0.39, 0.29) is 0 Å². The largest absolute Gasteiger partial charge is 0.497 e. The Morgan fingerprint density at radius 2 is 1.81 bits per heavy atom. The van der Waals surface area contributed by atoms with Crippen LogP contribution in [0.1, 0.15) is 11.5 Å². The van der Waals surface area contributed by atoms with Gasteiger partial charge in [0, 0.05) is 17.1 Å². The van der Waals surface area contributed by atoms with Gasteiger partial charge in [-0.25, -0.2) is 0 Å². The molecule has 3 aromatic rings. The van der Waals surface area contributed by atoms with Gasteiger partial charge in [-0.2, -0.15) is 4.98 Å². The minimum Gasteiger partial charge on any atom is -0.497 e. The van der Waals surface area contributed by atoms with Gasteiger partial charge in [-0.15, -0.1) is 0 Å². The average molecular weight is 418 g/mol. The molecule has 1 heterocycles. The third kappa shape index (κ3) is 4.42. The molecular formula is C19H20BrN3O3. The molecule has 1 aromatic heterocycles. The van der Waals surface area contributed by atoms with E-state index in [9.17, 15) is 0 Å². The van der Waals surface area contributed by atoms with Crippen molar-refractivity contribution in [1.29, 1.82) is 0 Å². The fourth-order valence-corrected chi connectivity index (χ4v) is 2.86. The Hall–Kier alpha value is -2.38. The Bertz CT molecular complexity index is 865. The number of methoxy groups -OCH3 is 2. The lowest BCUT2D eigenvalue weighted by Crippen LogP contribution is -2.17. The second-order valence-electron chi connectivity index (χ2n) is 5.88. The van der Waals surface area contributed by atoms with Crippen LogP contribution in [0.15, 0.2) is 51.5 Å². The van der Waals surface area contributed by atoms with Crippen molar-refractivity contribution in [2.75, 3.05) is 21.3 Å². The maximum Gasteiger partial charge on any atom is 0.241 e. The van der Waals surface area contributed by atoms with Crippen LogP contribution >= 0.6 is 15.9 Å². The SMILES string of the molecule is COc1ccc(-c2noc(CN(C)Cc3ccc(Br)cc3)n2)c(OC)c1. The first-order valence-corrected chi connectivity index (χ1v) is 8.86. The predicted molar refractivity (Wildman–Crippen MR) is 102 cm³/mol. The normalized spacial score (nSPS) is 11.0. The van der Waals surface area contributed by atoms with E-state index in [1.165, 1.54) is 5.56 Å². The Kier molecular flexibility index (Phi) is 5.90. The molecular weight excluding hydrogens is 398 g/mol. The summed E-state index contributed by atoms with van der Waals surface area (Å²) in [7, 11) is 5.23. The predicted octanol–water partition coefficient (Wildman–Crippen LogP) is 4.15. The first-order valence-electron chi connectivity index (χ1n) is 8.07. The zero-order valence-corrected chi connectivity index (χ0v) is 16.5. The molecule has 0 amide bonds. The lowest BCUT2D eigenvalue weighted by molar-refractivity contribution is 0.261. The van der Waals surface area contributed by atoms with E-state index in [1.807, 2.05) is 31.3 Å². The third-order valence-corrected chi connectivity index (χ3v) is 4.42. The summed E-state index contributed by atoms with van der Waals surface area (Å²) in [6.45, 7) is 1.35. The van der Waals surface area contributed by atoms with E-state index >= 15 is 0 Å². The molecule has 0 saturated heterocycles. The average Bonchev–Trinajstić information content (AvgIpc) is 3.11. The molecule has 0 aliphatic carbocycles. The number of nitrogens with zero attached hydrogens (tertiary/aromatic N) is 3. The molecule has 0 aliphatic rings. The van der Waals surface area contributed by atoms with E-state index in [1.54, 1.807) is 20.3 Å². The maximum absolute atomic E-state index is 5.41. The molecule has 0 unspecified atom stereocenters. The van der Waals surface area contributed by atoms with Crippen molar-refractivity contribution in [2.45, 2.75) is 13.1 Å². The Labute approximate surface area is 160 Å². The standard InChI is InChI=1S/C19H20BrN3O3/c1-23(11-13-4-6-14(20)7-5-13)12-18-21-19(22-26-18)16-9-8-15(24-2)10-17(16)25-3/h4-10H,11-12H2,1-3H3. The molecule has 0 fully saturated rings. The quantitative estimate of drug-likeness (QED) is 0.575. The zero-order chi connectivity index (χ0) is 18.5. The number of benzene rings is 2. The van der Waals surface area contributed by atoms with Crippen molar-refractivity contribution in [2.24, 2.45) is 0 Å². The number of ether oxygens (including phenoxy) is 2. The van der Waals surface area contributed by atoms with Gasteiger partial charge < -0.3 is 14.0 Å². The topological polar surface area (TPSA) is 60.6 Å². The van der Waals surface area contributed by atoms with Crippen LogP contribution in [-0.2, 0) is 13.1 Å². The van der Waals surface area contributed by atoms with E-state index < -0.39 is 0 Å². The fraction of sp³-hybridized carbons (Fsp3) is 0.263. The number of hydrogen-bond acceptors (Lipinski definition) is 6. The molecule has 26 heavy (non-hydrogen) atoms. The van der Waals surface area contributed by atoms with Gasteiger partial charge in [0.1, 0.15) is 11.5 Å². The van der Waals surface area contributed by atoms with Crippen LogP contribution in [0.2, 0.25) is 0 Å². The number of aromatic nitrogens is 2. The Morgan fingerprint density at radius 3 is 2.50 bits per heavy atom. The maximum atomic E-state index is 5.41. The molecule has 0 bridgehead atoms. The fourth-order valence-electron chi connectivity index (χ4n) is 2.60. The summed E-state index contributed by atoms with van der Waals surface area (Å²) >= 11 is 3.45. The van der Waals surface area contributed by atoms with Crippen LogP contribution in [-0.4, -0.2) is 36.3 Å². The van der Waals surface area contributed by atoms with Crippen LogP contribution in [0.3, 0.4) is 0 Å². The molecule has 7 heteroatoms. The van der Waals surface area contributed by atoms with Crippen molar-refractivity contribution in [3.8, 4) is 22.9 Å². The summed E-state index contributed by atoms with van der Waals surface area (Å²) in [6.07, 6.45) is 0. The minimum atomic E-state index is 0.497. The van der Waals surface area contributed by atoms with Crippen molar-refractivity contribution >= 4 is 15.9 Å². The van der Waals surface area contributed by atoms with Gasteiger partial charge in [0.15, 0.2) is 0 Å². The second-order valence-corrected chi connectivity index (χ2v) is 6.79. The smallest absolute Gasteiger partial charge is 0.241 e. The van der Waals surface area contributed by atoms with E-state index in [0.29, 0.717) is 29.8 Å². The van der Waals surface area contributed by atoms with Crippen LogP contribution < -0.4 is 9.47 Å². The number of rotatable bonds is 7. The van der Waals surface area contributed by atoms with Crippen LogP contribution in [0.5, 0.6) is 11.5 Å². The van der Waals surface area contributed by atoms with Gasteiger partial charge in [-0.3, -0.25) is 4.90 Å². The van der Waals surface area contributed by atoms with Crippen molar-refractivity contribution in [1.82, 2.24) is 15.0 Å². The van der Waals surface area contributed by atoms with Crippen molar-refractivity contribution in [3.05, 3.63) is 58.4 Å². The summed E-state index contributed by atoms with van der Waals surface area (Å²) < 4.78 is 17.1. The number of halogens is 1. The summed E-state index contributed by atoms with van der Waals surface area (Å²) in [4.78, 5) is 6.61. The molecule has 0 aliphatic heterocycles. The molecule has 6 nitrogen and oxygen atoms in total. The third-order valence-electron chi connectivity index (χ3n) is 3.89. The van der Waals surface area contributed by atoms with Gasteiger partial charge in [-0.1, -0.05) is 33.2 Å². The highest BCUT2D eigenvalue weighted by atomic mass is 79.9. The van der Waals surface area contributed by atoms with Gasteiger partial charge in [0.25, 0.3) is 0 Å². The van der Waals surface area contributed by atoms with Crippen LogP contribution in [0, 0.1) is 0 Å². The number of hydrogen-bond donors (Lipinski definition) is 0. The molecule has 0 saturated carbocycles. The van der Waals surface area contributed by atoms with E-state index in [2.05, 4.69) is 43.1 Å². The monoisotopic (exact) mass is 417 g/mol. The minimum absolute atomic E-state index is 0.497. The summed E-state index contributed by atoms with van der Waals surface area (Å²) in [5.74, 6) is 2.40. The van der Waals surface area contributed by atoms with E-state index in [4.69, 9.17) is 14.0 Å². The van der Waals surface area contributed by atoms with Crippen molar-refractivity contribution < 1.29 is 14.0 Å². The molecule has 0 atom stereocenters. The lowest BCUT2D eigenvalue weighted by atomic mass is 10.2. The van der Waals surface area contributed by atoms with Gasteiger partial charge in [0.05, 0.1) is 26.3 Å². The van der Waals surface area contributed by atoms with Crippen molar-refractivity contribution in [3.63, 3.8) is 0 Å². The summed E-state index contributed by atoms with van der Waals surface area (Å²) in [6, 6.07) is 13.7. The molecule has 0 N–H and O–H groups in total. The Morgan fingerprint density at radius 1 is 1.04 bits per heavy atom. The molecule has 0 spiro atoms. The molecule has 3 rings (SSSR count). The highest BCUT2D eigenvalue weighted by Crippen LogP contribution is 2.31. The first kappa shape index (κ1) is 18.4. The van der Waals surface area contributed by atoms with Gasteiger partial charge in [-0.05, 0) is 36.9 Å². The molecule has 0 radical (unpaired) electrons. The molecule has 136 valence electrons.